The third-order valence-corrected chi connectivity index (χ3v) is 4.90. The number of carbonyl (C=O) groups is 2. The second-order valence-corrected chi connectivity index (χ2v) is 7.20. The highest BCUT2D eigenvalue weighted by Gasteiger charge is 2.20. The molecule has 2 aromatic carbocycles. The Morgan fingerprint density at radius 2 is 1.97 bits per heavy atom. The highest BCUT2D eigenvalue weighted by atomic mass is 32.1. The lowest BCUT2D eigenvalue weighted by atomic mass is 10.1. The first-order valence-corrected chi connectivity index (χ1v) is 10.2. The molecule has 0 fully saturated rings. The summed E-state index contributed by atoms with van der Waals surface area (Å²) in [6, 6.07) is 12.5. The lowest BCUT2D eigenvalue weighted by Gasteiger charge is -2.12. The minimum atomic E-state index is -1.05. The molecular weight excluding hydrogens is 422 g/mol. The number of rotatable bonds is 8. The largest absolute Gasteiger partial charge is 0.494 e. The quantitative estimate of drug-likeness (QED) is 0.314. The summed E-state index contributed by atoms with van der Waals surface area (Å²) in [7, 11) is 0. The SMILES string of the molecule is CCOc1ccc(C(=O)O[C@H](C)C(=O)Nc2nc(-c3cccc([N+](=O)[O-])c3)cs2)cc1. The Bertz CT molecular complexity index is 1100. The molecule has 1 aromatic heterocycles. The smallest absolute Gasteiger partial charge is 0.338 e. The maximum absolute atomic E-state index is 12.4. The van der Waals surface area contributed by atoms with Crippen LogP contribution in [0.3, 0.4) is 0 Å². The van der Waals surface area contributed by atoms with Crippen molar-refractivity contribution in [2.75, 3.05) is 11.9 Å². The van der Waals surface area contributed by atoms with Gasteiger partial charge in [0, 0.05) is 23.1 Å². The molecule has 1 heterocycles. The van der Waals surface area contributed by atoms with Crippen LogP contribution in [-0.4, -0.2) is 34.5 Å². The number of carbonyl (C=O) groups excluding carboxylic acids is 2. The van der Waals surface area contributed by atoms with Crippen molar-refractivity contribution in [1.82, 2.24) is 4.98 Å². The number of nitro groups is 1. The Balaban J connectivity index is 1.60. The number of nitro benzene ring substituents is 1. The van der Waals surface area contributed by atoms with Crippen molar-refractivity contribution < 1.29 is 24.0 Å². The number of hydrogen-bond donors (Lipinski definition) is 1. The zero-order chi connectivity index (χ0) is 22.4. The first kappa shape index (κ1) is 21.9. The van der Waals surface area contributed by atoms with E-state index in [2.05, 4.69) is 10.3 Å². The Labute approximate surface area is 181 Å². The number of ether oxygens (including phenoxy) is 2. The standard InChI is InChI=1S/C21H19N3O6S/c1-3-29-17-9-7-14(8-10-17)20(26)30-13(2)19(25)23-21-22-18(12-31-21)15-5-4-6-16(11-15)24(27)28/h4-13H,3H2,1-2H3,(H,22,23,25)/t13-/m1/s1. The molecule has 10 heteroatoms. The molecule has 0 radical (unpaired) electrons. The maximum atomic E-state index is 12.4. The van der Waals surface area contributed by atoms with E-state index in [0.29, 0.717) is 29.2 Å². The van der Waals surface area contributed by atoms with E-state index in [4.69, 9.17) is 9.47 Å². The van der Waals surface area contributed by atoms with Crippen molar-refractivity contribution in [2.24, 2.45) is 0 Å². The van der Waals surface area contributed by atoms with Gasteiger partial charge in [-0.25, -0.2) is 9.78 Å². The fourth-order valence-electron chi connectivity index (χ4n) is 2.59. The molecule has 3 rings (SSSR count). The third kappa shape index (κ3) is 5.64. The Kier molecular flexibility index (Phi) is 6.93. The number of amides is 1. The van der Waals surface area contributed by atoms with Crippen molar-refractivity contribution in [3.8, 4) is 17.0 Å². The van der Waals surface area contributed by atoms with Gasteiger partial charge in [-0.2, -0.15) is 0 Å². The molecule has 1 amide bonds. The molecule has 3 aromatic rings. The molecule has 0 aliphatic carbocycles. The van der Waals surface area contributed by atoms with E-state index >= 15 is 0 Å². The van der Waals surface area contributed by atoms with E-state index < -0.39 is 22.9 Å². The van der Waals surface area contributed by atoms with Crippen LogP contribution in [0.25, 0.3) is 11.3 Å². The van der Waals surface area contributed by atoms with Gasteiger partial charge in [-0.05, 0) is 38.1 Å². The highest BCUT2D eigenvalue weighted by molar-refractivity contribution is 7.14. The van der Waals surface area contributed by atoms with Gasteiger partial charge in [0.1, 0.15) is 5.75 Å². The van der Waals surface area contributed by atoms with Gasteiger partial charge in [0.15, 0.2) is 11.2 Å². The van der Waals surface area contributed by atoms with Crippen LogP contribution in [0.2, 0.25) is 0 Å². The molecule has 9 nitrogen and oxygen atoms in total. The summed E-state index contributed by atoms with van der Waals surface area (Å²) in [6.45, 7) is 3.83. The normalized spacial score (nSPS) is 11.4. The number of aromatic nitrogens is 1. The van der Waals surface area contributed by atoms with Crippen LogP contribution in [0.1, 0.15) is 24.2 Å². The number of benzene rings is 2. The van der Waals surface area contributed by atoms with Crippen LogP contribution in [-0.2, 0) is 9.53 Å². The van der Waals surface area contributed by atoms with Crippen molar-refractivity contribution in [1.29, 1.82) is 0 Å². The summed E-state index contributed by atoms with van der Waals surface area (Å²) in [6.07, 6.45) is -1.05. The molecule has 0 bridgehead atoms. The minimum absolute atomic E-state index is 0.0501. The Morgan fingerprint density at radius 1 is 1.23 bits per heavy atom. The first-order chi connectivity index (χ1) is 14.9. The second kappa shape index (κ2) is 9.81. The van der Waals surface area contributed by atoms with Crippen LogP contribution in [0.5, 0.6) is 5.75 Å². The van der Waals surface area contributed by atoms with Crippen LogP contribution in [0, 0.1) is 10.1 Å². The van der Waals surface area contributed by atoms with E-state index in [1.54, 1.807) is 41.8 Å². The molecule has 0 unspecified atom stereocenters. The first-order valence-electron chi connectivity index (χ1n) is 9.32. The van der Waals surface area contributed by atoms with E-state index in [9.17, 15) is 19.7 Å². The van der Waals surface area contributed by atoms with Crippen molar-refractivity contribution >= 4 is 34.0 Å². The molecular formula is C21H19N3O6S. The summed E-state index contributed by atoms with van der Waals surface area (Å²) >= 11 is 1.16. The van der Waals surface area contributed by atoms with E-state index in [1.807, 2.05) is 6.92 Å². The predicted octanol–water partition coefficient (Wildman–Crippen LogP) is 4.30. The van der Waals surface area contributed by atoms with E-state index in [-0.39, 0.29) is 10.8 Å². The van der Waals surface area contributed by atoms with Crippen molar-refractivity contribution in [3.05, 3.63) is 69.6 Å². The molecule has 31 heavy (non-hydrogen) atoms. The maximum Gasteiger partial charge on any atom is 0.338 e. The van der Waals surface area contributed by atoms with E-state index in [0.717, 1.165) is 11.3 Å². The fraction of sp³-hybridized carbons (Fsp3) is 0.190. The van der Waals surface area contributed by atoms with Crippen LogP contribution in [0.15, 0.2) is 53.9 Å². The summed E-state index contributed by atoms with van der Waals surface area (Å²) in [5.74, 6) is -0.547. The van der Waals surface area contributed by atoms with Crippen LogP contribution < -0.4 is 10.1 Å². The van der Waals surface area contributed by atoms with Gasteiger partial charge in [-0.3, -0.25) is 20.2 Å². The van der Waals surface area contributed by atoms with Gasteiger partial charge in [0.25, 0.3) is 11.6 Å². The summed E-state index contributed by atoms with van der Waals surface area (Å²) in [5.41, 5.74) is 1.29. The summed E-state index contributed by atoms with van der Waals surface area (Å²) < 4.78 is 10.5. The predicted molar refractivity (Wildman–Crippen MR) is 115 cm³/mol. The average molecular weight is 441 g/mol. The monoisotopic (exact) mass is 441 g/mol. The van der Waals surface area contributed by atoms with Gasteiger partial charge in [-0.15, -0.1) is 11.3 Å². The average Bonchev–Trinajstić information content (AvgIpc) is 3.23. The molecule has 0 aliphatic rings. The minimum Gasteiger partial charge on any atom is -0.494 e. The zero-order valence-electron chi connectivity index (χ0n) is 16.7. The molecule has 0 saturated carbocycles. The van der Waals surface area contributed by atoms with Crippen LogP contribution in [0.4, 0.5) is 10.8 Å². The van der Waals surface area contributed by atoms with Gasteiger partial charge >= 0.3 is 5.97 Å². The van der Waals surface area contributed by atoms with E-state index in [1.165, 1.54) is 19.1 Å². The van der Waals surface area contributed by atoms with Gasteiger partial charge < -0.3 is 9.47 Å². The molecule has 1 atom stereocenters. The summed E-state index contributed by atoms with van der Waals surface area (Å²) in [5, 5.41) is 15.5. The molecule has 160 valence electrons. The van der Waals surface area contributed by atoms with Crippen molar-refractivity contribution in [2.45, 2.75) is 20.0 Å². The number of thiazole rings is 1. The number of anilines is 1. The van der Waals surface area contributed by atoms with Crippen molar-refractivity contribution in [3.63, 3.8) is 0 Å². The highest BCUT2D eigenvalue weighted by Crippen LogP contribution is 2.27. The van der Waals surface area contributed by atoms with Gasteiger partial charge in [0.2, 0.25) is 0 Å². The number of nitrogens with zero attached hydrogens (tertiary/aromatic N) is 2. The van der Waals surface area contributed by atoms with Crippen LogP contribution >= 0.6 is 11.3 Å². The third-order valence-electron chi connectivity index (χ3n) is 4.14. The second-order valence-electron chi connectivity index (χ2n) is 6.34. The molecule has 0 aliphatic heterocycles. The summed E-state index contributed by atoms with van der Waals surface area (Å²) in [4.78, 5) is 39.3. The molecule has 0 saturated heterocycles. The molecule has 1 N–H and O–H groups in total. The topological polar surface area (TPSA) is 121 Å². The zero-order valence-corrected chi connectivity index (χ0v) is 17.5. The number of hydrogen-bond acceptors (Lipinski definition) is 8. The van der Waals surface area contributed by atoms with Gasteiger partial charge in [-0.1, -0.05) is 12.1 Å². The number of esters is 1. The Hall–Kier alpha value is -3.79. The van der Waals surface area contributed by atoms with Gasteiger partial charge in [0.05, 0.1) is 22.8 Å². The lowest BCUT2D eigenvalue weighted by Crippen LogP contribution is -2.29. The number of nitrogens with one attached hydrogen (secondary N) is 1. The Morgan fingerprint density at radius 3 is 2.65 bits per heavy atom. The fourth-order valence-corrected chi connectivity index (χ4v) is 3.31. The lowest BCUT2D eigenvalue weighted by molar-refractivity contribution is -0.384. The molecule has 0 spiro atoms. The number of non-ortho nitro benzene ring substituents is 1.